The maximum Gasteiger partial charge on any atom is 0.250 e. The van der Waals surface area contributed by atoms with Crippen LogP contribution in [0, 0.1) is 13.8 Å². The van der Waals surface area contributed by atoms with E-state index in [2.05, 4.69) is 72.0 Å². The van der Waals surface area contributed by atoms with Crippen molar-refractivity contribution in [3.05, 3.63) is 69.6 Å². The number of rotatable bonds is 6. The average molecular weight is 451 g/mol. The third kappa shape index (κ3) is 3.85. The molecule has 3 aromatic rings. The number of benzene rings is 2. The average Bonchev–Trinajstić information content (AvgIpc) is 3.20. The molecule has 1 aliphatic carbocycles. The SMILES string of the molecule is Cc1c(C)c2c(c(-c3ccccc3)c1O[Si](C)(C)C(C)(C)C)C2Oc1ccc(C=O)s1. The molecule has 1 atom stereocenters. The Morgan fingerprint density at radius 1 is 0.968 bits per heavy atom. The van der Waals surface area contributed by atoms with E-state index < -0.39 is 8.32 Å². The van der Waals surface area contributed by atoms with Crippen LogP contribution in [0.2, 0.25) is 18.1 Å². The van der Waals surface area contributed by atoms with Crippen molar-refractivity contribution in [2.24, 2.45) is 0 Å². The van der Waals surface area contributed by atoms with Crippen LogP contribution < -0.4 is 9.16 Å². The Hall–Kier alpha value is -2.37. The molecule has 4 rings (SSSR count). The molecule has 1 unspecified atom stereocenters. The molecule has 5 heteroatoms. The van der Waals surface area contributed by atoms with E-state index in [-0.39, 0.29) is 11.1 Å². The zero-order valence-electron chi connectivity index (χ0n) is 19.3. The van der Waals surface area contributed by atoms with Gasteiger partial charge in [0.15, 0.2) is 17.5 Å². The molecule has 162 valence electrons. The van der Waals surface area contributed by atoms with Crippen molar-refractivity contribution in [3.8, 4) is 21.9 Å². The first-order valence-electron chi connectivity index (χ1n) is 10.7. The quantitative estimate of drug-likeness (QED) is 0.285. The molecule has 0 saturated heterocycles. The van der Waals surface area contributed by atoms with Crippen LogP contribution in [0.3, 0.4) is 0 Å². The van der Waals surface area contributed by atoms with E-state index in [0.29, 0.717) is 4.88 Å². The summed E-state index contributed by atoms with van der Waals surface area (Å²) in [6.45, 7) is 15.7. The lowest BCUT2D eigenvalue weighted by molar-refractivity contribution is 0.112. The second-order valence-corrected chi connectivity index (χ2v) is 15.6. The van der Waals surface area contributed by atoms with Gasteiger partial charge in [0, 0.05) is 16.7 Å². The molecule has 0 saturated carbocycles. The minimum Gasteiger partial charge on any atom is -0.543 e. The van der Waals surface area contributed by atoms with E-state index in [0.717, 1.165) is 28.2 Å². The summed E-state index contributed by atoms with van der Waals surface area (Å²) in [5, 5.41) is 0.873. The second-order valence-electron chi connectivity index (χ2n) is 9.78. The predicted molar refractivity (Wildman–Crippen MR) is 131 cm³/mol. The highest BCUT2D eigenvalue weighted by Crippen LogP contribution is 2.58. The first-order chi connectivity index (χ1) is 14.5. The van der Waals surface area contributed by atoms with Gasteiger partial charge in [0.05, 0.1) is 4.88 Å². The van der Waals surface area contributed by atoms with E-state index in [4.69, 9.17) is 9.16 Å². The number of carbonyl (C=O) groups is 1. The molecule has 31 heavy (non-hydrogen) atoms. The standard InChI is InChI=1S/C26H30O3SSi/c1-16-17(2)24(29-31(6,7)26(3,4)5)22(18-11-9-8-10-12-18)23-21(16)25(23)28-20-14-13-19(15-27)30-20/h8-15,25H,1-7H3. The van der Waals surface area contributed by atoms with Crippen LogP contribution >= 0.6 is 11.3 Å². The van der Waals surface area contributed by atoms with E-state index in [1.165, 1.54) is 33.6 Å². The van der Waals surface area contributed by atoms with Crippen LogP contribution in [0.4, 0.5) is 0 Å². The van der Waals surface area contributed by atoms with Gasteiger partial charge in [-0.1, -0.05) is 62.4 Å². The van der Waals surface area contributed by atoms with Gasteiger partial charge >= 0.3 is 0 Å². The number of hydrogen-bond acceptors (Lipinski definition) is 4. The fraction of sp³-hybridized carbons (Fsp3) is 0.346. The Bertz CT molecular complexity index is 1140. The molecule has 0 spiro atoms. The van der Waals surface area contributed by atoms with Gasteiger partial charge < -0.3 is 9.16 Å². The van der Waals surface area contributed by atoms with E-state index in [1.54, 1.807) is 0 Å². The zero-order chi connectivity index (χ0) is 22.6. The predicted octanol–water partition coefficient (Wildman–Crippen LogP) is 7.71. The molecule has 2 aromatic carbocycles. The first-order valence-corrected chi connectivity index (χ1v) is 14.4. The summed E-state index contributed by atoms with van der Waals surface area (Å²) < 4.78 is 13.3. The van der Waals surface area contributed by atoms with Gasteiger partial charge in [-0.15, -0.1) is 0 Å². The number of ether oxygens (including phenoxy) is 1. The van der Waals surface area contributed by atoms with Crippen molar-refractivity contribution in [1.29, 1.82) is 0 Å². The van der Waals surface area contributed by atoms with Crippen molar-refractivity contribution in [2.75, 3.05) is 0 Å². The van der Waals surface area contributed by atoms with Gasteiger partial charge in [0.25, 0.3) is 8.32 Å². The lowest BCUT2D eigenvalue weighted by atomic mass is 9.99. The van der Waals surface area contributed by atoms with Gasteiger partial charge in [0.2, 0.25) is 0 Å². The second kappa shape index (κ2) is 7.64. The molecule has 0 radical (unpaired) electrons. The molecular weight excluding hydrogens is 420 g/mol. The van der Waals surface area contributed by atoms with Crippen LogP contribution in [0.25, 0.3) is 11.1 Å². The molecule has 0 N–H and O–H groups in total. The molecule has 0 amide bonds. The highest BCUT2D eigenvalue weighted by Gasteiger charge is 2.46. The fourth-order valence-corrected chi connectivity index (χ4v) is 5.44. The third-order valence-electron chi connectivity index (χ3n) is 6.71. The molecular formula is C26H30O3SSi. The van der Waals surface area contributed by atoms with Gasteiger partial charge in [-0.05, 0) is 60.8 Å². The van der Waals surface area contributed by atoms with Crippen molar-refractivity contribution < 1.29 is 14.0 Å². The number of carbonyl (C=O) groups excluding carboxylic acids is 1. The molecule has 1 heterocycles. The Labute approximate surface area is 190 Å². The summed E-state index contributed by atoms with van der Waals surface area (Å²) in [4.78, 5) is 11.8. The number of aldehydes is 1. The maximum absolute atomic E-state index is 11.1. The topological polar surface area (TPSA) is 35.5 Å². The Kier molecular flexibility index (Phi) is 5.38. The summed E-state index contributed by atoms with van der Waals surface area (Å²) in [6.07, 6.45) is 0.775. The van der Waals surface area contributed by atoms with Crippen molar-refractivity contribution in [3.63, 3.8) is 0 Å². The van der Waals surface area contributed by atoms with E-state index >= 15 is 0 Å². The summed E-state index contributed by atoms with van der Waals surface area (Å²) in [5.41, 5.74) is 7.19. The number of fused-ring (bicyclic) bond motifs is 1. The summed E-state index contributed by atoms with van der Waals surface area (Å²) >= 11 is 1.39. The van der Waals surface area contributed by atoms with Crippen LogP contribution in [0.15, 0.2) is 42.5 Å². The smallest absolute Gasteiger partial charge is 0.250 e. The van der Waals surface area contributed by atoms with Crippen LogP contribution in [0.1, 0.15) is 58.8 Å². The Morgan fingerprint density at radius 3 is 2.23 bits per heavy atom. The lowest BCUT2D eigenvalue weighted by Gasteiger charge is -2.37. The van der Waals surface area contributed by atoms with Crippen LogP contribution in [-0.2, 0) is 0 Å². The minimum atomic E-state index is -2.04. The van der Waals surface area contributed by atoms with Gasteiger partial charge in [-0.3, -0.25) is 4.79 Å². The number of hydrogen-bond donors (Lipinski definition) is 0. The molecule has 1 aliphatic rings. The lowest BCUT2D eigenvalue weighted by Crippen LogP contribution is -2.44. The molecule has 0 bridgehead atoms. The van der Waals surface area contributed by atoms with E-state index in [1.807, 2.05) is 18.2 Å². The molecule has 0 aliphatic heterocycles. The van der Waals surface area contributed by atoms with E-state index in [9.17, 15) is 4.79 Å². The summed E-state index contributed by atoms with van der Waals surface area (Å²) in [7, 11) is -2.04. The van der Waals surface area contributed by atoms with Crippen molar-refractivity contribution >= 4 is 25.9 Å². The Morgan fingerprint density at radius 2 is 1.65 bits per heavy atom. The monoisotopic (exact) mass is 450 g/mol. The minimum absolute atomic E-state index is 0.0937. The summed E-state index contributed by atoms with van der Waals surface area (Å²) in [5.74, 6) is 1.000. The molecule has 3 nitrogen and oxygen atoms in total. The van der Waals surface area contributed by atoms with Crippen LogP contribution in [-0.4, -0.2) is 14.6 Å². The highest BCUT2D eigenvalue weighted by molar-refractivity contribution is 7.15. The largest absolute Gasteiger partial charge is 0.543 e. The van der Waals surface area contributed by atoms with Gasteiger partial charge in [0.1, 0.15) is 5.75 Å². The highest BCUT2D eigenvalue weighted by atomic mass is 32.1. The third-order valence-corrected chi connectivity index (χ3v) is 11.9. The first kappa shape index (κ1) is 21.8. The van der Waals surface area contributed by atoms with Gasteiger partial charge in [-0.25, -0.2) is 0 Å². The molecule has 0 fully saturated rings. The van der Waals surface area contributed by atoms with Crippen LogP contribution in [0.5, 0.6) is 10.8 Å². The molecule has 1 aromatic heterocycles. The van der Waals surface area contributed by atoms with Crippen molar-refractivity contribution in [1.82, 2.24) is 0 Å². The fourth-order valence-electron chi connectivity index (χ4n) is 3.67. The normalized spacial score (nSPS) is 15.4. The maximum atomic E-state index is 11.1. The zero-order valence-corrected chi connectivity index (χ0v) is 21.1. The number of thiophene rings is 1. The Balaban J connectivity index is 1.83. The van der Waals surface area contributed by atoms with Crippen molar-refractivity contribution in [2.45, 2.75) is 58.9 Å². The van der Waals surface area contributed by atoms with Gasteiger partial charge in [-0.2, -0.15) is 0 Å². The summed E-state index contributed by atoms with van der Waals surface area (Å²) in [6, 6.07) is 14.2.